The molecule has 3 aliphatic carbocycles. The van der Waals surface area contributed by atoms with Gasteiger partial charge in [0.05, 0.1) is 12.5 Å². The number of nitrogens with two attached hydrogens (primary N) is 1. The molecule has 2 N–H and O–H groups in total. The van der Waals surface area contributed by atoms with Gasteiger partial charge in [-0.3, -0.25) is 4.79 Å². The summed E-state index contributed by atoms with van der Waals surface area (Å²) in [5.74, 6) is -0.0696. The quantitative estimate of drug-likeness (QED) is 0.524. The first kappa shape index (κ1) is 6.16. The van der Waals surface area contributed by atoms with Crippen LogP contribution >= 0.6 is 0 Å². The summed E-state index contributed by atoms with van der Waals surface area (Å²) in [6.45, 7) is 0. The Morgan fingerprint density at radius 3 is 2.30 bits per heavy atom. The maximum absolute atomic E-state index is 11.0. The smallest absolute Gasteiger partial charge is 0.312 e. The number of hydrogen-bond acceptors (Lipinski definition) is 3. The van der Waals surface area contributed by atoms with Crippen molar-refractivity contribution in [2.45, 2.75) is 24.8 Å². The van der Waals surface area contributed by atoms with Gasteiger partial charge in [-0.25, -0.2) is 0 Å². The molecule has 0 aromatic rings. The SMILES string of the molecule is COC(=O)C12CC(N)(C1)C2. The van der Waals surface area contributed by atoms with Crippen LogP contribution in [0.2, 0.25) is 0 Å². The second-order valence-electron chi connectivity index (χ2n) is 3.66. The number of rotatable bonds is 1. The van der Waals surface area contributed by atoms with Gasteiger partial charge < -0.3 is 10.5 Å². The van der Waals surface area contributed by atoms with Crippen molar-refractivity contribution in [1.29, 1.82) is 0 Å². The molecule has 0 unspecified atom stereocenters. The van der Waals surface area contributed by atoms with Crippen LogP contribution < -0.4 is 5.73 Å². The normalized spacial score (nSPS) is 49.0. The highest BCUT2D eigenvalue weighted by molar-refractivity contribution is 5.81. The zero-order chi connectivity index (χ0) is 7.41. The Morgan fingerprint density at radius 2 is 2.00 bits per heavy atom. The number of hydrogen-bond donors (Lipinski definition) is 1. The minimum Gasteiger partial charge on any atom is -0.469 e. The lowest BCUT2D eigenvalue weighted by atomic mass is 9.40. The van der Waals surface area contributed by atoms with E-state index < -0.39 is 0 Å². The van der Waals surface area contributed by atoms with Crippen LogP contribution in [0.25, 0.3) is 0 Å². The number of esters is 1. The molecule has 0 heterocycles. The zero-order valence-corrected chi connectivity index (χ0v) is 6.02. The van der Waals surface area contributed by atoms with Crippen LogP contribution in [0.15, 0.2) is 0 Å². The van der Waals surface area contributed by atoms with Gasteiger partial charge in [0.2, 0.25) is 0 Å². The Hall–Kier alpha value is -0.570. The van der Waals surface area contributed by atoms with Crippen molar-refractivity contribution >= 4 is 5.97 Å². The fourth-order valence-corrected chi connectivity index (χ4v) is 2.30. The van der Waals surface area contributed by atoms with Crippen molar-refractivity contribution in [3.8, 4) is 0 Å². The van der Waals surface area contributed by atoms with Crippen molar-refractivity contribution in [2.75, 3.05) is 7.11 Å². The number of methoxy groups -OCH3 is 1. The van der Waals surface area contributed by atoms with Crippen molar-refractivity contribution in [1.82, 2.24) is 0 Å². The van der Waals surface area contributed by atoms with Crippen LogP contribution in [0.4, 0.5) is 0 Å². The third kappa shape index (κ3) is 0.475. The summed E-state index contributed by atoms with van der Waals surface area (Å²) < 4.78 is 4.65. The van der Waals surface area contributed by atoms with Crippen LogP contribution in [-0.4, -0.2) is 18.6 Å². The summed E-state index contributed by atoms with van der Waals surface area (Å²) in [5, 5.41) is 0. The molecular formula is C7H11NO2. The first-order valence-corrected chi connectivity index (χ1v) is 3.48. The molecule has 0 radical (unpaired) electrons. The predicted molar refractivity (Wildman–Crippen MR) is 35.2 cm³/mol. The molecular weight excluding hydrogens is 130 g/mol. The molecule has 0 atom stereocenters. The molecule has 0 aromatic heterocycles. The van der Waals surface area contributed by atoms with Gasteiger partial charge in [-0.05, 0) is 19.3 Å². The highest BCUT2D eigenvalue weighted by Gasteiger charge is 2.70. The van der Waals surface area contributed by atoms with Gasteiger partial charge in [0.15, 0.2) is 0 Å². The van der Waals surface area contributed by atoms with Gasteiger partial charge in [-0.15, -0.1) is 0 Å². The van der Waals surface area contributed by atoms with Crippen LogP contribution in [-0.2, 0) is 9.53 Å². The van der Waals surface area contributed by atoms with E-state index in [1.807, 2.05) is 0 Å². The van der Waals surface area contributed by atoms with Gasteiger partial charge in [0.1, 0.15) is 0 Å². The summed E-state index contributed by atoms with van der Waals surface area (Å²) in [6.07, 6.45) is 2.52. The van der Waals surface area contributed by atoms with E-state index in [4.69, 9.17) is 5.73 Å². The highest BCUT2D eigenvalue weighted by Crippen LogP contribution is 2.66. The third-order valence-electron chi connectivity index (χ3n) is 2.69. The van der Waals surface area contributed by atoms with Gasteiger partial charge in [-0.2, -0.15) is 0 Å². The van der Waals surface area contributed by atoms with Crippen LogP contribution in [0, 0.1) is 5.41 Å². The van der Waals surface area contributed by atoms with Crippen LogP contribution in [0.3, 0.4) is 0 Å². The van der Waals surface area contributed by atoms with E-state index in [2.05, 4.69) is 4.74 Å². The summed E-state index contributed by atoms with van der Waals surface area (Å²) in [4.78, 5) is 11.0. The molecule has 3 heteroatoms. The largest absolute Gasteiger partial charge is 0.469 e. The summed E-state index contributed by atoms with van der Waals surface area (Å²) in [6, 6.07) is 0. The molecule has 0 aliphatic heterocycles. The van der Waals surface area contributed by atoms with Crippen molar-refractivity contribution in [3.05, 3.63) is 0 Å². The minimum atomic E-state index is -0.149. The zero-order valence-electron chi connectivity index (χ0n) is 6.02. The highest BCUT2D eigenvalue weighted by atomic mass is 16.5. The number of carbonyl (C=O) groups is 1. The number of carbonyl (C=O) groups excluding carboxylic acids is 1. The molecule has 3 rings (SSSR count). The Kier molecular flexibility index (Phi) is 0.844. The molecule has 3 saturated carbocycles. The van der Waals surface area contributed by atoms with Gasteiger partial charge in [0, 0.05) is 5.54 Å². The minimum absolute atomic E-state index is 0.00812. The van der Waals surface area contributed by atoms with E-state index in [9.17, 15) is 4.79 Å². The molecule has 3 nitrogen and oxygen atoms in total. The van der Waals surface area contributed by atoms with Crippen LogP contribution in [0.5, 0.6) is 0 Å². The van der Waals surface area contributed by atoms with E-state index in [0.717, 1.165) is 19.3 Å². The standard InChI is InChI=1S/C7H11NO2/c1-10-5(9)6-2-7(8,3-6)4-6/h2-4,8H2,1H3. The number of ether oxygens (including phenoxy) is 1. The molecule has 56 valence electrons. The second kappa shape index (κ2) is 1.37. The van der Waals surface area contributed by atoms with Crippen molar-refractivity contribution in [3.63, 3.8) is 0 Å². The van der Waals surface area contributed by atoms with Gasteiger partial charge >= 0.3 is 5.97 Å². The van der Waals surface area contributed by atoms with Crippen molar-refractivity contribution < 1.29 is 9.53 Å². The average Bonchev–Trinajstić information content (AvgIpc) is 1.77. The summed E-state index contributed by atoms with van der Waals surface area (Å²) in [5.41, 5.74) is 5.62. The molecule has 2 bridgehead atoms. The first-order valence-electron chi connectivity index (χ1n) is 3.48. The van der Waals surface area contributed by atoms with Gasteiger partial charge in [0.25, 0.3) is 0 Å². The Bertz CT molecular complexity index is 180. The summed E-state index contributed by atoms with van der Waals surface area (Å²) in [7, 11) is 1.44. The topological polar surface area (TPSA) is 52.3 Å². The third-order valence-corrected chi connectivity index (χ3v) is 2.69. The lowest BCUT2D eigenvalue weighted by Crippen LogP contribution is -2.74. The molecule has 0 spiro atoms. The Morgan fingerprint density at radius 1 is 1.50 bits per heavy atom. The summed E-state index contributed by atoms with van der Waals surface area (Å²) >= 11 is 0. The van der Waals surface area contributed by atoms with Crippen LogP contribution in [0.1, 0.15) is 19.3 Å². The van der Waals surface area contributed by atoms with E-state index in [0.29, 0.717) is 0 Å². The predicted octanol–water partition coefficient (Wildman–Crippen LogP) is 0.0408. The van der Waals surface area contributed by atoms with E-state index in [-0.39, 0.29) is 16.9 Å². The Labute approximate surface area is 59.5 Å². The molecule has 3 fully saturated rings. The molecule has 0 aromatic carbocycles. The Balaban J connectivity index is 2.04. The maximum Gasteiger partial charge on any atom is 0.312 e. The fourth-order valence-electron chi connectivity index (χ4n) is 2.30. The lowest BCUT2D eigenvalue weighted by Gasteiger charge is -2.66. The molecule has 0 amide bonds. The van der Waals surface area contributed by atoms with Crippen molar-refractivity contribution in [2.24, 2.45) is 11.1 Å². The molecule has 0 saturated heterocycles. The lowest BCUT2D eigenvalue weighted by molar-refractivity contribution is -0.194. The molecule has 10 heavy (non-hydrogen) atoms. The molecule has 3 aliphatic rings. The average molecular weight is 141 g/mol. The van der Waals surface area contributed by atoms with Gasteiger partial charge in [-0.1, -0.05) is 0 Å². The maximum atomic E-state index is 11.0. The first-order chi connectivity index (χ1) is 4.60. The van der Waals surface area contributed by atoms with E-state index in [1.54, 1.807) is 0 Å². The monoisotopic (exact) mass is 141 g/mol. The van der Waals surface area contributed by atoms with E-state index >= 15 is 0 Å². The fraction of sp³-hybridized carbons (Fsp3) is 0.857. The van der Waals surface area contributed by atoms with E-state index in [1.165, 1.54) is 7.11 Å². The second-order valence-corrected chi connectivity index (χ2v) is 3.66.